The minimum atomic E-state index is 0.259. The number of Topliss-reactive ketones (excluding diaryl/α,β-unsaturated/α-hetero) is 1. The number of carbonyl (C=O) groups is 1. The number of methoxy groups -OCH3 is 1. The number of hydrogen-bond acceptors (Lipinski definition) is 2. The summed E-state index contributed by atoms with van der Waals surface area (Å²) < 4.78 is 5.03. The SMILES string of the molecule is CC.COc1ccc(C(=O)CC2CC2)cc1. The smallest absolute Gasteiger partial charge is 0.163 e. The van der Waals surface area contributed by atoms with Gasteiger partial charge in [0.15, 0.2) is 5.78 Å². The first-order valence-electron chi connectivity index (χ1n) is 5.97. The third-order valence-corrected chi connectivity index (χ3v) is 2.58. The lowest BCUT2D eigenvalue weighted by molar-refractivity contribution is 0.0976. The molecule has 16 heavy (non-hydrogen) atoms. The van der Waals surface area contributed by atoms with Crippen LogP contribution >= 0.6 is 0 Å². The second kappa shape index (κ2) is 6.31. The first-order chi connectivity index (χ1) is 7.79. The molecule has 1 aromatic carbocycles. The summed E-state index contributed by atoms with van der Waals surface area (Å²) in [5.41, 5.74) is 0.803. The van der Waals surface area contributed by atoms with E-state index in [1.165, 1.54) is 12.8 Å². The van der Waals surface area contributed by atoms with Crippen molar-refractivity contribution in [1.82, 2.24) is 0 Å². The number of hydrogen-bond donors (Lipinski definition) is 0. The van der Waals surface area contributed by atoms with Crippen LogP contribution in [0.15, 0.2) is 24.3 Å². The van der Waals surface area contributed by atoms with Crippen LogP contribution in [0.3, 0.4) is 0 Å². The lowest BCUT2D eigenvalue weighted by Gasteiger charge is -2.01. The van der Waals surface area contributed by atoms with Gasteiger partial charge in [-0.05, 0) is 43.0 Å². The maximum Gasteiger partial charge on any atom is 0.163 e. The fraction of sp³-hybridized carbons (Fsp3) is 0.500. The van der Waals surface area contributed by atoms with Gasteiger partial charge in [-0.25, -0.2) is 0 Å². The van der Waals surface area contributed by atoms with Crippen molar-refractivity contribution < 1.29 is 9.53 Å². The number of ketones is 1. The van der Waals surface area contributed by atoms with Crippen LogP contribution in [-0.2, 0) is 0 Å². The van der Waals surface area contributed by atoms with E-state index in [2.05, 4.69) is 0 Å². The van der Waals surface area contributed by atoms with Crippen LogP contribution in [0.4, 0.5) is 0 Å². The second-order valence-electron chi connectivity index (χ2n) is 3.80. The van der Waals surface area contributed by atoms with Crippen molar-refractivity contribution in [3.8, 4) is 5.75 Å². The van der Waals surface area contributed by atoms with Crippen molar-refractivity contribution in [2.24, 2.45) is 5.92 Å². The monoisotopic (exact) mass is 220 g/mol. The van der Waals surface area contributed by atoms with E-state index in [0.717, 1.165) is 11.3 Å². The van der Waals surface area contributed by atoms with E-state index in [-0.39, 0.29) is 5.78 Å². The van der Waals surface area contributed by atoms with Crippen LogP contribution in [0.1, 0.15) is 43.5 Å². The van der Waals surface area contributed by atoms with Gasteiger partial charge in [0, 0.05) is 12.0 Å². The van der Waals surface area contributed by atoms with Crippen molar-refractivity contribution in [1.29, 1.82) is 0 Å². The molecule has 0 amide bonds. The Labute approximate surface area is 97.6 Å². The molecule has 0 spiro atoms. The van der Waals surface area contributed by atoms with Crippen LogP contribution < -0.4 is 4.74 Å². The van der Waals surface area contributed by atoms with Gasteiger partial charge in [0.05, 0.1) is 7.11 Å². The summed E-state index contributed by atoms with van der Waals surface area (Å²) in [4.78, 5) is 11.7. The van der Waals surface area contributed by atoms with Crippen LogP contribution in [0.25, 0.3) is 0 Å². The van der Waals surface area contributed by atoms with Gasteiger partial charge in [0.2, 0.25) is 0 Å². The number of carbonyl (C=O) groups excluding carboxylic acids is 1. The zero-order valence-electron chi connectivity index (χ0n) is 10.3. The van der Waals surface area contributed by atoms with Crippen LogP contribution in [0.2, 0.25) is 0 Å². The van der Waals surface area contributed by atoms with E-state index in [4.69, 9.17) is 4.74 Å². The van der Waals surface area contributed by atoms with Gasteiger partial charge >= 0.3 is 0 Å². The number of ether oxygens (including phenoxy) is 1. The Morgan fingerprint density at radius 2 is 1.81 bits per heavy atom. The molecule has 2 nitrogen and oxygen atoms in total. The Bertz CT molecular complexity index is 323. The third kappa shape index (κ3) is 3.69. The zero-order valence-corrected chi connectivity index (χ0v) is 10.3. The third-order valence-electron chi connectivity index (χ3n) is 2.58. The largest absolute Gasteiger partial charge is 0.497 e. The van der Waals surface area contributed by atoms with E-state index in [1.54, 1.807) is 7.11 Å². The summed E-state index contributed by atoms with van der Waals surface area (Å²) in [5.74, 6) is 1.72. The molecule has 0 radical (unpaired) electrons. The van der Waals surface area contributed by atoms with Gasteiger partial charge in [0.25, 0.3) is 0 Å². The van der Waals surface area contributed by atoms with Crippen molar-refractivity contribution >= 4 is 5.78 Å². The van der Waals surface area contributed by atoms with Gasteiger partial charge in [-0.1, -0.05) is 13.8 Å². The molecule has 0 aromatic heterocycles. The molecule has 0 heterocycles. The summed E-state index contributed by atoms with van der Waals surface area (Å²) in [5, 5.41) is 0. The summed E-state index contributed by atoms with van der Waals surface area (Å²) in [6.45, 7) is 4.00. The number of benzene rings is 1. The Hall–Kier alpha value is -1.31. The van der Waals surface area contributed by atoms with Crippen molar-refractivity contribution in [3.63, 3.8) is 0 Å². The van der Waals surface area contributed by atoms with Gasteiger partial charge in [0.1, 0.15) is 5.75 Å². The molecule has 88 valence electrons. The molecule has 1 fully saturated rings. The first-order valence-corrected chi connectivity index (χ1v) is 5.97. The standard InChI is InChI=1S/C12H14O2.C2H6/c1-14-11-6-4-10(5-7-11)12(13)8-9-2-3-9;1-2/h4-7,9H,2-3,8H2,1H3;1-2H3. The van der Waals surface area contributed by atoms with E-state index in [0.29, 0.717) is 12.3 Å². The predicted molar refractivity (Wildman–Crippen MR) is 66.0 cm³/mol. The van der Waals surface area contributed by atoms with Crippen molar-refractivity contribution in [2.75, 3.05) is 7.11 Å². The summed E-state index contributed by atoms with van der Waals surface area (Å²) >= 11 is 0. The molecule has 0 saturated heterocycles. The summed E-state index contributed by atoms with van der Waals surface area (Å²) in [6, 6.07) is 7.34. The lowest BCUT2D eigenvalue weighted by atomic mass is 10.1. The topological polar surface area (TPSA) is 26.3 Å². The van der Waals surface area contributed by atoms with Crippen molar-refractivity contribution in [3.05, 3.63) is 29.8 Å². The molecule has 0 atom stereocenters. The molecule has 1 aliphatic carbocycles. The minimum absolute atomic E-state index is 0.259. The van der Waals surface area contributed by atoms with Gasteiger partial charge in [-0.3, -0.25) is 4.79 Å². The van der Waals surface area contributed by atoms with Gasteiger partial charge in [-0.15, -0.1) is 0 Å². The zero-order chi connectivity index (χ0) is 12.0. The molecule has 0 N–H and O–H groups in total. The summed E-state index contributed by atoms with van der Waals surface area (Å²) in [7, 11) is 1.63. The molecule has 0 bridgehead atoms. The first kappa shape index (κ1) is 12.8. The van der Waals surface area contributed by atoms with Crippen LogP contribution in [-0.4, -0.2) is 12.9 Å². The fourth-order valence-electron chi connectivity index (χ4n) is 1.48. The average Bonchev–Trinajstić information content (AvgIpc) is 3.16. The van der Waals surface area contributed by atoms with E-state index >= 15 is 0 Å². The van der Waals surface area contributed by atoms with E-state index in [9.17, 15) is 4.79 Å². The second-order valence-corrected chi connectivity index (χ2v) is 3.80. The average molecular weight is 220 g/mol. The molecule has 2 heteroatoms. The Morgan fingerprint density at radius 1 is 1.25 bits per heavy atom. The molecule has 1 aromatic rings. The van der Waals surface area contributed by atoms with Gasteiger partial charge < -0.3 is 4.74 Å². The molecule has 2 rings (SSSR count). The maximum absolute atomic E-state index is 11.7. The fourth-order valence-corrected chi connectivity index (χ4v) is 1.48. The molecule has 0 aliphatic heterocycles. The van der Waals surface area contributed by atoms with E-state index in [1.807, 2.05) is 38.1 Å². The normalized spacial score (nSPS) is 13.7. The molecule has 1 aliphatic rings. The Morgan fingerprint density at radius 3 is 2.25 bits per heavy atom. The highest BCUT2D eigenvalue weighted by atomic mass is 16.5. The lowest BCUT2D eigenvalue weighted by Crippen LogP contribution is -1.99. The highest BCUT2D eigenvalue weighted by Gasteiger charge is 2.24. The van der Waals surface area contributed by atoms with E-state index < -0.39 is 0 Å². The quantitative estimate of drug-likeness (QED) is 0.723. The number of rotatable bonds is 4. The molecular weight excluding hydrogens is 200 g/mol. The van der Waals surface area contributed by atoms with Crippen molar-refractivity contribution in [2.45, 2.75) is 33.1 Å². The highest BCUT2D eigenvalue weighted by molar-refractivity contribution is 5.96. The molecule has 1 saturated carbocycles. The maximum atomic E-state index is 11.7. The van der Waals surface area contributed by atoms with Gasteiger partial charge in [-0.2, -0.15) is 0 Å². The predicted octanol–water partition coefficient (Wildman–Crippen LogP) is 3.70. The minimum Gasteiger partial charge on any atom is -0.497 e. The molecule has 0 unspecified atom stereocenters. The van der Waals surface area contributed by atoms with Crippen LogP contribution in [0.5, 0.6) is 5.75 Å². The Kier molecular flexibility index (Phi) is 5.03. The van der Waals surface area contributed by atoms with Crippen LogP contribution in [0, 0.1) is 5.92 Å². The Balaban J connectivity index is 0.000000606. The molecular formula is C14H20O2. The summed E-state index contributed by atoms with van der Waals surface area (Å²) in [6.07, 6.45) is 3.16. The highest BCUT2D eigenvalue weighted by Crippen LogP contribution is 2.33.